The maximum Gasteiger partial charge on any atom is 0.433 e. The van der Waals surface area contributed by atoms with Gasteiger partial charge in [-0.25, -0.2) is 0 Å². The van der Waals surface area contributed by atoms with Gasteiger partial charge in [0.1, 0.15) is 4.92 Å². The number of nitrogens with zero attached hydrogens (tertiary/aromatic N) is 2. The normalized spacial score (nSPS) is 16.2. The Morgan fingerprint density at radius 3 is 2.47 bits per heavy atom. The molecule has 1 fully saturated rings. The first-order valence-corrected chi connectivity index (χ1v) is 10.1. The minimum atomic E-state index is -0.659. The van der Waals surface area contributed by atoms with Gasteiger partial charge in [-0.2, -0.15) is 0 Å². The highest BCUT2D eigenvalue weighted by Gasteiger charge is 2.38. The molecule has 1 aliphatic rings. The molecule has 1 aromatic heterocycles. The number of benzene rings is 1. The summed E-state index contributed by atoms with van der Waals surface area (Å²) in [5, 5.41) is 10.7. The van der Waals surface area contributed by atoms with E-state index in [1.165, 1.54) is 12.1 Å². The molecule has 2 heterocycles. The van der Waals surface area contributed by atoms with Crippen LogP contribution in [0.15, 0.2) is 46.9 Å². The molecule has 30 heavy (non-hydrogen) atoms. The zero-order valence-corrected chi connectivity index (χ0v) is 17.0. The van der Waals surface area contributed by atoms with Crippen LogP contribution >= 0.6 is 0 Å². The molecule has 0 aliphatic carbocycles. The van der Waals surface area contributed by atoms with Gasteiger partial charge in [-0.3, -0.25) is 19.7 Å². The number of carbonyl (C=O) groups excluding carboxylic acids is 2. The number of hydrogen-bond donors (Lipinski definition) is 0. The van der Waals surface area contributed by atoms with Crippen molar-refractivity contribution in [3.8, 4) is 0 Å². The van der Waals surface area contributed by atoms with E-state index in [4.69, 9.17) is 9.15 Å². The van der Waals surface area contributed by atoms with Gasteiger partial charge in [0, 0.05) is 18.4 Å². The number of likely N-dealkylation sites (tertiary alicyclic amines) is 1. The number of rotatable bonds is 9. The summed E-state index contributed by atoms with van der Waals surface area (Å²) in [6.45, 7) is 4.21. The number of Topliss-reactive ketones (excluding diaryl/α,β-unsaturated/α-hetero) is 1. The molecule has 8 heteroatoms. The van der Waals surface area contributed by atoms with Crippen molar-refractivity contribution in [2.75, 3.05) is 26.2 Å². The first-order valence-electron chi connectivity index (χ1n) is 10.1. The average molecular weight is 414 g/mol. The van der Waals surface area contributed by atoms with E-state index in [0.29, 0.717) is 19.6 Å². The lowest BCUT2D eigenvalue weighted by atomic mass is 9.70. The molecular formula is C22H26N2O6. The molecule has 0 atom stereocenters. The Hall–Kier alpha value is -3.00. The van der Waals surface area contributed by atoms with Crippen molar-refractivity contribution >= 4 is 17.6 Å². The number of ether oxygens (including phenoxy) is 1. The van der Waals surface area contributed by atoms with Gasteiger partial charge < -0.3 is 14.1 Å². The predicted molar refractivity (Wildman–Crippen MR) is 109 cm³/mol. The van der Waals surface area contributed by atoms with Crippen LogP contribution in [-0.4, -0.2) is 47.8 Å². The minimum Gasteiger partial charge on any atom is -0.466 e. The molecule has 0 N–H and O–H groups in total. The van der Waals surface area contributed by atoms with Gasteiger partial charge in [0.2, 0.25) is 0 Å². The zero-order valence-electron chi connectivity index (χ0n) is 17.0. The maximum atomic E-state index is 12.3. The fourth-order valence-corrected chi connectivity index (χ4v) is 4.01. The monoisotopic (exact) mass is 414 g/mol. The lowest BCUT2D eigenvalue weighted by Crippen LogP contribution is -2.44. The standard InChI is InChI=1S/C22H26N2O6/c1-2-29-21(26)16-22(17-6-4-3-5-7-17)11-14-23(15-12-22)13-10-18(25)19-8-9-20(30-19)24(27)28/h3-9H,2,10-16H2,1H3. The van der Waals surface area contributed by atoms with Crippen molar-refractivity contribution in [2.24, 2.45) is 0 Å². The van der Waals surface area contributed by atoms with Crippen LogP contribution in [0.3, 0.4) is 0 Å². The Morgan fingerprint density at radius 1 is 1.17 bits per heavy atom. The lowest BCUT2D eigenvalue weighted by molar-refractivity contribution is -0.402. The highest BCUT2D eigenvalue weighted by Crippen LogP contribution is 2.39. The van der Waals surface area contributed by atoms with Crippen molar-refractivity contribution in [3.63, 3.8) is 0 Å². The van der Waals surface area contributed by atoms with Crippen molar-refractivity contribution in [1.82, 2.24) is 4.90 Å². The van der Waals surface area contributed by atoms with Gasteiger partial charge in [-0.1, -0.05) is 30.3 Å². The first-order chi connectivity index (χ1) is 14.4. The summed E-state index contributed by atoms with van der Waals surface area (Å²) in [4.78, 5) is 36.8. The van der Waals surface area contributed by atoms with E-state index in [0.717, 1.165) is 31.5 Å². The molecule has 1 aliphatic heterocycles. The average Bonchev–Trinajstić information content (AvgIpc) is 3.25. The number of hydrogen-bond acceptors (Lipinski definition) is 7. The number of ketones is 1. The Morgan fingerprint density at radius 2 is 1.87 bits per heavy atom. The molecule has 8 nitrogen and oxygen atoms in total. The molecule has 3 rings (SSSR count). The van der Waals surface area contributed by atoms with E-state index in [1.807, 2.05) is 18.2 Å². The molecule has 0 amide bonds. The van der Waals surface area contributed by atoms with Gasteiger partial charge in [-0.05, 0) is 44.5 Å². The Bertz CT molecular complexity index is 884. The number of carbonyl (C=O) groups is 2. The van der Waals surface area contributed by atoms with Gasteiger partial charge in [0.15, 0.2) is 11.5 Å². The summed E-state index contributed by atoms with van der Waals surface area (Å²) in [7, 11) is 0. The minimum absolute atomic E-state index is 0.0136. The number of piperidine rings is 1. The largest absolute Gasteiger partial charge is 0.466 e. The highest BCUT2D eigenvalue weighted by atomic mass is 16.6. The van der Waals surface area contributed by atoms with Crippen LogP contribution in [0, 0.1) is 10.1 Å². The number of furan rings is 1. The van der Waals surface area contributed by atoms with Gasteiger partial charge in [0.05, 0.1) is 19.1 Å². The van der Waals surface area contributed by atoms with Gasteiger partial charge in [0.25, 0.3) is 0 Å². The third-order valence-corrected chi connectivity index (χ3v) is 5.69. The highest BCUT2D eigenvalue weighted by molar-refractivity contribution is 5.93. The fourth-order valence-electron chi connectivity index (χ4n) is 4.01. The molecule has 1 aromatic carbocycles. The summed E-state index contributed by atoms with van der Waals surface area (Å²) >= 11 is 0. The summed E-state index contributed by atoms with van der Waals surface area (Å²) in [6.07, 6.45) is 2.14. The summed E-state index contributed by atoms with van der Waals surface area (Å²) in [5.41, 5.74) is 0.868. The van der Waals surface area contributed by atoms with Crippen molar-refractivity contribution < 1.29 is 23.7 Å². The third kappa shape index (κ3) is 5.13. The van der Waals surface area contributed by atoms with Crippen LogP contribution in [0.2, 0.25) is 0 Å². The number of nitro groups is 1. The second-order valence-corrected chi connectivity index (χ2v) is 7.54. The Kier molecular flexibility index (Phi) is 6.99. The molecule has 0 unspecified atom stereocenters. The maximum absolute atomic E-state index is 12.3. The molecule has 0 bridgehead atoms. The van der Waals surface area contributed by atoms with E-state index in [1.54, 1.807) is 6.92 Å². The van der Waals surface area contributed by atoms with Crippen LogP contribution in [0.1, 0.15) is 48.7 Å². The molecule has 1 saturated heterocycles. The topological polar surface area (TPSA) is 103 Å². The van der Waals surface area contributed by atoms with Crippen LogP contribution in [0.4, 0.5) is 5.88 Å². The lowest BCUT2D eigenvalue weighted by Gasteiger charge is -2.41. The first kappa shape index (κ1) is 21.7. The van der Waals surface area contributed by atoms with Crippen LogP contribution in [-0.2, 0) is 14.9 Å². The van der Waals surface area contributed by atoms with E-state index in [2.05, 4.69) is 17.0 Å². The van der Waals surface area contributed by atoms with E-state index in [9.17, 15) is 19.7 Å². The number of esters is 1. The predicted octanol–water partition coefficient (Wildman–Crippen LogP) is 3.75. The molecule has 160 valence electrons. The van der Waals surface area contributed by atoms with Crippen LogP contribution < -0.4 is 0 Å². The van der Waals surface area contributed by atoms with E-state index >= 15 is 0 Å². The molecule has 0 radical (unpaired) electrons. The Balaban J connectivity index is 1.59. The van der Waals surface area contributed by atoms with Crippen LogP contribution in [0.25, 0.3) is 0 Å². The fraction of sp³-hybridized carbons (Fsp3) is 0.455. The van der Waals surface area contributed by atoms with Crippen LogP contribution in [0.5, 0.6) is 0 Å². The second kappa shape index (κ2) is 9.67. The molecule has 0 saturated carbocycles. The second-order valence-electron chi connectivity index (χ2n) is 7.54. The molecular weight excluding hydrogens is 388 g/mol. The zero-order chi connectivity index (χ0) is 21.6. The quantitative estimate of drug-likeness (QED) is 0.266. The summed E-state index contributed by atoms with van der Waals surface area (Å²) in [5.74, 6) is -0.860. The molecule has 2 aromatic rings. The Labute approximate surface area is 175 Å². The van der Waals surface area contributed by atoms with Crippen molar-refractivity contribution in [3.05, 3.63) is 63.9 Å². The van der Waals surface area contributed by atoms with E-state index < -0.39 is 10.8 Å². The van der Waals surface area contributed by atoms with Crippen molar-refractivity contribution in [2.45, 2.75) is 38.0 Å². The molecule has 0 spiro atoms. The van der Waals surface area contributed by atoms with Gasteiger partial charge >= 0.3 is 11.9 Å². The van der Waals surface area contributed by atoms with Crippen molar-refractivity contribution in [1.29, 1.82) is 0 Å². The SMILES string of the molecule is CCOC(=O)CC1(c2ccccc2)CCN(CCC(=O)c2ccc([N+](=O)[O-])o2)CC1. The van der Waals surface area contributed by atoms with Gasteiger partial charge in [-0.15, -0.1) is 0 Å². The third-order valence-electron chi connectivity index (χ3n) is 5.69. The summed E-state index contributed by atoms with van der Waals surface area (Å²) in [6, 6.07) is 12.6. The summed E-state index contributed by atoms with van der Waals surface area (Å²) < 4.78 is 10.2. The smallest absolute Gasteiger partial charge is 0.433 e. The van der Waals surface area contributed by atoms with E-state index in [-0.39, 0.29) is 29.3 Å².